The maximum Gasteiger partial charge on any atom is 0.303 e. The third-order valence-electron chi connectivity index (χ3n) is 6.04. The molecule has 3 aromatic rings. The Morgan fingerprint density at radius 1 is 1.06 bits per heavy atom. The Bertz CT molecular complexity index is 1270. The molecule has 0 amide bonds. The van der Waals surface area contributed by atoms with Crippen LogP contribution in [-0.4, -0.2) is 36.5 Å². The molecule has 0 radical (unpaired) electrons. The van der Waals surface area contributed by atoms with E-state index in [1.165, 1.54) is 26.0 Å². The summed E-state index contributed by atoms with van der Waals surface area (Å²) in [6.07, 6.45) is -1.61. The van der Waals surface area contributed by atoms with Gasteiger partial charge in [0, 0.05) is 36.4 Å². The lowest BCUT2D eigenvalue weighted by Gasteiger charge is -2.33. The zero-order valence-corrected chi connectivity index (χ0v) is 21.1. The molecule has 4 rings (SSSR count). The standard InChI is InChI=1S/C28H27FO6S/c1-16-4-5-20(24-14-25(34-18(3)31)28(32)26(35-24)15-33-17(2)30)12-21(16)13-23-10-11-27(36-23)19-6-8-22(29)9-7-19/h4-12,24-26H,13-15H2,1-3H3/t24-,25-,26-/m1/s1. The van der Waals surface area contributed by atoms with Crippen molar-refractivity contribution >= 4 is 29.1 Å². The van der Waals surface area contributed by atoms with Gasteiger partial charge in [-0.2, -0.15) is 0 Å². The Morgan fingerprint density at radius 2 is 1.81 bits per heavy atom. The van der Waals surface area contributed by atoms with Crippen LogP contribution in [0, 0.1) is 12.7 Å². The largest absolute Gasteiger partial charge is 0.463 e. The van der Waals surface area contributed by atoms with Gasteiger partial charge in [0.05, 0.1) is 6.10 Å². The van der Waals surface area contributed by atoms with Gasteiger partial charge in [0.1, 0.15) is 12.4 Å². The lowest BCUT2D eigenvalue weighted by molar-refractivity contribution is -0.178. The van der Waals surface area contributed by atoms with E-state index in [4.69, 9.17) is 14.2 Å². The first-order valence-electron chi connectivity index (χ1n) is 11.6. The van der Waals surface area contributed by atoms with Crippen LogP contribution >= 0.6 is 11.3 Å². The maximum atomic E-state index is 13.3. The first kappa shape index (κ1) is 25.7. The van der Waals surface area contributed by atoms with Gasteiger partial charge in [-0.1, -0.05) is 30.3 Å². The second-order valence-electron chi connectivity index (χ2n) is 8.79. The van der Waals surface area contributed by atoms with Gasteiger partial charge in [-0.3, -0.25) is 14.4 Å². The summed E-state index contributed by atoms with van der Waals surface area (Å²) in [5.41, 5.74) is 4.02. The minimum atomic E-state index is -1.02. The Hall–Kier alpha value is -3.36. The predicted octanol–water partition coefficient (Wildman–Crippen LogP) is 5.35. The second-order valence-corrected chi connectivity index (χ2v) is 9.96. The SMILES string of the molecule is CC(=O)OC[C@H]1O[C@@H](c2ccc(C)c(Cc3ccc(-c4ccc(F)cc4)s3)c2)C[C@@H](OC(C)=O)C1=O. The molecule has 1 fully saturated rings. The van der Waals surface area contributed by atoms with Crippen molar-refractivity contribution in [2.45, 2.75) is 51.9 Å². The van der Waals surface area contributed by atoms with Gasteiger partial charge in [-0.05, 0) is 53.4 Å². The maximum absolute atomic E-state index is 13.3. The molecule has 1 aliphatic rings. The smallest absolute Gasteiger partial charge is 0.303 e. The Labute approximate surface area is 213 Å². The molecule has 2 heterocycles. The lowest BCUT2D eigenvalue weighted by atomic mass is 9.92. The molecular weight excluding hydrogens is 483 g/mol. The first-order chi connectivity index (χ1) is 17.2. The number of benzene rings is 2. The first-order valence-corrected chi connectivity index (χ1v) is 12.4. The minimum Gasteiger partial charge on any atom is -0.463 e. The zero-order chi connectivity index (χ0) is 25.8. The number of hydrogen-bond acceptors (Lipinski definition) is 7. The highest BCUT2D eigenvalue weighted by Crippen LogP contribution is 2.34. The molecule has 36 heavy (non-hydrogen) atoms. The van der Waals surface area contributed by atoms with E-state index in [0.717, 1.165) is 32.0 Å². The van der Waals surface area contributed by atoms with Crippen molar-refractivity contribution in [1.29, 1.82) is 0 Å². The number of aryl methyl sites for hydroxylation is 1. The molecule has 1 aromatic heterocycles. The molecular formula is C28H27FO6S. The highest BCUT2D eigenvalue weighted by molar-refractivity contribution is 7.15. The normalized spacial score (nSPS) is 19.7. The number of halogens is 1. The summed E-state index contributed by atoms with van der Waals surface area (Å²) in [5.74, 6) is -1.76. The van der Waals surface area contributed by atoms with Crippen LogP contribution < -0.4 is 0 Å². The minimum absolute atomic E-state index is 0.186. The molecule has 6 nitrogen and oxygen atoms in total. The van der Waals surface area contributed by atoms with Gasteiger partial charge in [0.2, 0.25) is 5.78 Å². The Balaban J connectivity index is 1.55. The molecule has 1 saturated heterocycles. The van der Waals surface area contributed by atoms with Crippen molar-refractivity contribution in [2.75, 3.05) is 6.61 Å². The summed E-state index contributed by atoms with van der Waals surface area (Å²) >= 11 is 1.65. The summed E-state index contributed by atoms with van der Waals surface area (Å²) < 4.78 is 29.6. The van der Waals surface area contributed by atoms with Gasteiger partial charge in [-0.25, -0.2) is 4.39 Å². The van der Waals surface area contributed by atoms with Gasteiger partial charge in [0.25, 0.3) is 0 Å². The van der Waals surface area contributed by atoms with Crippen LogP contribution in [0.2, 0.25) is 0 Å². The van der Waals surface area contributed by atoms with E-state index in [-0.39, 0.29) is 18.8 Å². The summed E-state index contributed by atoms with van der Waals surface area (Å²) in [4.78, 5) is 37.8. The zero-order valence-electron chi connectivity index (χ0n) is 20.3. The second kappa shape index (κ2) is 11.1. The van der Waals surface area contributed by atoms with Crippen molar-refractivity contribution in [1.82, 2.24) is 0 Å². The number of carbonyl (C=O) groups excluding carboxylic acids is 3. The van der Waals surface area contributed by atoms with E-state index in [1.54, 1.807) is 23.5 Å². The number of carbonyl (C=O) groups is 3. The highest BCUT2D eigenvalue weighted by atomic mass is 32.1. The fraction of sp³-hybridized carbons (Fsp3) is 0.321. The molecule has 0 unspecified atom stereocenters. The fourth-order valence-corrected chi connectivity index (χ4v) is 5.22. The van der Waals surface area contributed by atoms with Gasteiger partial charge >= 0.3 is 11.9 Å². The van der Waals surface area contributed by atoms with E-state index in [9.17, 15) is 18.8 Å². The summed E-state index contributed by atoms with van der Waals surface area (Å²) in [6, 6.07) is 16.5. The Morgan fingerprint density at radius 3 is 2.50 bits per heavy atom. The van der Waals surface area contributed by atoms with E-state index in [2.05, 4.69) is 6.07 Å². The number of hydrogen-bond donors (Lipinski definition) is 0. The molecule has 0 saturated carbocycles. The van der Waals surface area contributed by atoms with Gasteiger partial charge < -0.3 is 14.2 Å². The molecule has 188 valence electrons. The molecule has 0 N–H and O–H groups in total. The van der Waals surface area contributed by atoms with Crippen LogP contribution in [0.15, 0.2) is 54.6 Å². The topological polar surface area (TPSA) is 78.9 Å². The molecule has 8 heteroatoms. The summed E-state index contributed by atoms with van der Waals surface area (Å²) in [6.45, 7) is 4.31. The number of ether oxygens (including phenoxy) is 3. The van der Waals surface area contributed by atoms with Gasteiger partial charge in [-0.15, -0.1) is 11.3 Å². The number of thiophene rings is 1. The van der Waals surface area contributed by atoms with E-state index >= 15 is 0 Å². The van der Waals surface area contributed by atoms with Crippen LogP contribution in [0.3, 0.4) is 0 Å². The van der Waals surface area contributed by atoms with Crippen LogP contribution in [0.1, 0.15) is 47.9 Å². The number of Topliss-reactive ketones (excluding diaryl/α,β-unsaturated/α-hetero) is 1. The Kier molecular flexibility index (Phi) is 7.96. The molecule has 1 aliphatic heterocycles. The molecule has 2 aromatic carbocycles. The molecule has 0 spiro atoms. The summed E-state index contributed by atoms with van der Waals surface area (Å²) in [7, 11) is 0. The number of rotatable bonds is 7. The van der Waals surface area contributed by atoms with Crippen molar-refractivity contribution in [3.05, 3.63) is 82.0 Å². The van der Waals surface area contributed by atoms with Crippen LogP contribution in [0.25, 0.3) is 10.4 Å². The van der Waals surface area contributed by atoms with Crippen molar-refractivity contribution < 1.29 is 33.0 Å². The number of esters is 2. The van der Waals surface area contributed by atoms with Crippen LogP contribution in [0.5, 0.6) is 0 Å². The van der Waals surface area contributed by atoms with Crippen molar-refractivity contribution in [3.63, 3.8) is 0 Å². The van der Waals surface area contributed by atoms with Gasteiger partial charge in [0.15, 0.2) is 12.2 Å². The van der Waals surface area contributed by atoms with Crippen molar-refractivity contribution in [2.24, 2.45) is 0 Å². The molecule has 0 bridgehead atoms. The highest BCUT2D eigenvalue weighted by Gasteiger charge is 2.40. The lowest BCUT2D eigenvalue weighted by Crippen LogP contribution is -2.46. The van der Waals surface area contributed by atoms with E-state index in [1.807, 2.05) is 31.2 Å². The van der Waals surface area contributed by atoms with Crippen LogP contribution in [-0.2, 0) is 35.0 Å². The quantitative estimate of drug-likeness (QED) is 0.399. The molecule has 0 aliphatic carbocycles. The average molecular weight is 511 g/mol. The molecule has 3 atom stereocenters. The number of ketones is 1. The fourth-order valence-electron chi connectivity index (χ4n) is 4.19. The third kappa shape index (κ3) is 6.25. The monoisotopic (exact) mass is 510 g/mol. The van der Waals surface area contributed by atoms with Crippen LogP contribution in [0.4, 0.5) is 4.39 Å². The third-order valence-corrected chi connectivity index (χ3v) is 7.17. The average Bonchev–Trinajstić information content (AvgIpc) is 3.29. The predicted molar refractivity (Wildman–Crippen MR) is 133 cm³/mol. The summed E-state index contributed by atoms with van der Waals surface area (Å²) in [5, 5.41) is 0. The van der Waals surface area contributed by atoms with E-state index < -0.39 is 36.0 Å². The van der Waals surface area contributed by atoms with Crippen molar-refractivity contribution in [3.8, 4) is 10.4 Å². The van der Waals surface area contributed by atoms with E-state index in [0.29, 0.717) is 6.42 Å².